The van der Waals surface area contributed by atoms with Crippen LogP contribution in [0.1, 0.15) is 61.7 Å². The summed E-state index contributed by atoms with van der Waals surface area (Å²) in [6.45, 7) is 2.01. The van der Waals surface area contributed by atoms with Gasteiger partial charge < -0.3 is 10.1 Å². The highest BCUT2D eigenvalue weighted by atomic mass is 16.5. The summed E-state index contributed by atoms with van der Waals surface area (Å²) in [5, 5.41) is 3.59. The van der Waals surface area contributed by atoms with Crippen LogP contribution < -0.4 is 5.32 Å². The molecule has 3 aliphatic rings. The van der Waals surface area contributed by atoms with Gasteiger partial charge in [-0.15, -0.1) is 0 Å². The fraction of sp³-hybridized carbons (Fsp3) is 0.647. The second kappa shape index (κ2) is 4.60. The van der Waals surface area contributed by atoms with Crippen LogP contribution >= 0.6 is 0 Å². The Morgan fingerprint density at radius 2 is 1.68 bits per heavy atom. The lowest BCUT2D eigenvalue weighted by atomic mass is 9.97. The molecule has 0 amide bonds. The number of hydrogen-bond acceptors (Lipinski definition) is 2. The van der Waals surface area contributed by atoms with Gasteiger partial charge in [-0.3, -0.25) is 0 Å². The Kier molecular flexibility index (Phi) is 2.89. The molecule has 2 nitrogen and oxygen atoms in total. The summed E-state index contributed by atoms with van der Waals surface area (Å²) >= 11 is 0. The Hall–Kier alpha value is -0.860. The van der Waals surface area contributed by atoms with Gasteiger partial charge >= 0.3 is 0 Å². The van der Waals surface area contributed by atoms with Crippen molar-refractivity contribution in [3.8, 4) is 0 Å². The van der Waals surface area contributed by atoms with E-state index in [4.69, 9.17) is 4.74 Å². The smallest absolute Gasteiger partial charge is 0.0957 e. The van der Waals surface area contributed by atoms with Crippen molar-refractivity contribution < 1.29 is 4.74 Å². The maximum absolute atomic E-state index is 6.47. The Labute approximate surface area is 115 Å². The van der Waals surface area contributed by atoms with E-state index in [0.29, 0.717) is 0 Å². The van der Waals surface area contributed by atoms with E-state index >= 15 is 0 Å². The van der Waals surface area contributed by atoms with Crippen molar-refractivity contribution in [2.24, 2.45) is 0 Å². The van der Waals surface area contributed by atoms with E-state index < -0.39 is 0 Å². The first kappa shape index (κ1) is 11.9. The fourth-order valence-electron chi connectivity index (χ4n) is 3.72. The number of rotatable bonds is 2. The standard InChI is InChI=1S/C17H23NO/c1-2-10-17(9-1)12-18-11-16(19-17)15-7-5-14(6-8-15)13-3-4-13/h5-8,13,16,18H,1-4,9-12H2. The van der Waals surface area contributed by atoms with Gasteiger partial charge in [-0.05, 0) is 42.7 Å². The molecule has 102 valence electrons. The summed E-state index contributed by atoms with van der Waals surface area (Å²) in [6.07, 6.45) is 8.13. The summed E-state index contributed by atoms with van der Waals surface area (Å²) in [7, 11) is 0. The molecule has 3 fully saturated rings. The first-order valence-electron chi connectivity index (χ1n) is 7.83. The zero-order chi connectivity index (χ0) is 12.7. The maximum Gasteiger partial charge on any atom is 0.0957 e. The quantitative estimate of drug-likeness (QED) is 0.875. The van der Waals surface area contributed by atoms with E-state index in [0.717, 1.165) is 19.0 Å². The van der Waals surface area contributed by atoms with E-state index in [1.165, 1.54) is 49.7 Å². The van der Waals surface area contributed by atoms with E-state index in [2.05, 4.69) is 29.6 Å². The molecule has 1 N–H and O–H groups in total. The van der Waals surface area contributed by atoms with Crippen molar-refractivity contribution in [3.63, 3.8) is 0 Å². The van der Waals surface area contributed by atoms with Crippen molar-refractivity contribution in [2.45, 2.75) is 56.1 Å². The third-order valence-electron chi connectivity index (χ3n) is 5.04. The summed E-state index contributed by atoms with van der Waals surface area (Å²) in [5.41, 5.74) is 3.00. The van der Waals surface area contributed by atoms with Crippen LogP contribution in [0.3, 0.4) is 0 Å². The van der Waals surface area contributed by atoms with Gasteiger partial charge in [0.25, 0.3) is 0 Å². The Balaban J connectivity index is 1.51. The largest absolute Gasteiger partial charge is 0.364 e. The Morgan fingerprint density at radius 3 is 2.37 bits per heavy atom. The molecular formula is C17H23NO. The molecule has 1 heterocycles. The van der Waals surface area contributed by atoms with E-state index in [1.807, 2.05) is 0 Å². The number of benzene rings is 1. The van der Waals surface area contributed by atoms with Crippen LogP contribution in [0.15, 0.2) is 24.3 Å². The van der Waals surface area contributed by atoms with Gasteiger partial charge in [-0.2, -0.15) is 0 Å². The van der Waals surface area contributed by atoms with E-state index in [9.17, 15) is 0 Å². The maximum atomic E-state index is 6.47. The number of nitrogens with one attached hydrogen (secondary N) is 1. The molecular weight excluding hydrogens is 234 g/mol. The summed E-state index contributed by atoms with van der Waals surface area (Å²) < 4.78 is 6.47. The Morgan fingerprint density at radius 1 is 1.00 bits per heavy atom. The Bertz CT molecular complexity index is 443. The summed E-state index contributed by atoms with van der Waals surface area (Å²) in [6, 6.07) is 9.19. The molecule has 1 atom stereocenters. The van der Waals surface area contributed by atoms with Crippen molar-refractivity contribution in [1.82, 2.24) is 5.32 Å². The lowest BCUT2D eigenvalue weighted by Crippen LogP contribution is -2.49. The molecule has 19 heavy (non-hydrogen) atoms. The SMILES string of the molecule is c1cc(C2CNCC3(CCCC3)O2)ccc1C1CC1. The molecule has 2 saturated carbocycles. The highest BCUT2D eigenvalue weighted by Crippen LogP contribution is 2.42. The first-order valence-corrected chi connectivity index (χ1v) is 7.83. The van der Waals surface area contributed by atoms with Crippen molar-refractivity contribution in [3.05, 3.63) is 35.4 Å². The van der Waals surface area contributed by atoms with E-state index in [1.54, 1.807) is 0 Å². The zero-order valence-corrected chi connectivity index (χ0v) is 11.5. The van der Waals surface area contributed by atoms with Gasteiger partial charge in [0, 0.05) is 13.1 Å². The summed E-state index contributed by atoms with van der Waals surface area (Å²) in [5.74, 6) is 0.848. The molecule has 1 aromatic carbocycles. The topological polar surface area (TPSA) is 21.3 Å². The van der Waals surface area contributed by atoms with Gasteiger partial charge in [0.15, 0.2) is 0 Å². The van der Waals surface area contributed by atoms with Gasteiger partial charge in [0.1, 0.15) is 0 Å². The van der Waals surface area contributed by atoms with Crippen LogP contribution in [0, 0.1) is 0 Å². The third kappa shape index (κ3) is 2.32. The lowest BCUT2D eigenvalue weighted by molar-refractivity contribution is -0.114. The molecule has 1 aliphatic heterocycles. The van der Waals surface area contributed by atoms with Crippen LogP contribution in [0.25, 0.3) is 0 Å². The minimum Gasteiger partial charge on any atom is -0.364 e. The predicted molar refractivity (Wildman–Crippen MR) is 76.3 cm³/mol. The third-order valence-corrected chi connectivity index (χ3v) is 5.04. The van der Waals surface area contributed by atoms with Gasteiger partial charge in [-0.1, -0.05) is 37.1 Å². The second-order valence-corrected chi connectivity index (χ2v) is 6.57. The minimum absolute atomic E-state index is 0.137. The minimum atomic E-state index is 0.137. The summed E-state index contributed by atoms with van der Waals surface area (Å²) in [4.78, 5) is 0. The van der Waals surface area contributed by atoms with Crippen molar-refractivity contribution >= 4 is 0 Å². The van der Waals surface area contributed by atoms with Crippen molar-refractivity contribution in [2.75, 3.05) is 13.1 Å². The van der Waals surface area contributed by atoms with Gasteiger partial charge in [-0.25, -0.2) is 0 Å². The molecule has 2 heteroatoms. The van der Waals surface area contributed by atoms with Crippen LogP contribution in [-0.2, 0) is 4.74 Å². The highest BCUT2D eigenvalue weighted by molar-refractivity contribution is 5.29. The molecule has 1 saturated heterocycles. The van der Waals surface area contributed by atoms with E-state index in [-0.39, 0.29) is 11.7 Å². The predicted octanol–water partition coefficient (Wildman–Crippen LogP) is 3.54. The first-order chi connectivity index (χ1) is 9.35. The van der Waals surface area contributed by atoms with Crippen LogP contribution in [-0.4, -0.2) is 18.7 Å². The second-order valence-electron chi connectivity index (χ2n) is 6.57. The van der Waals surface area contributed by atoms with Gasteiger partial charge in [0.05, 0.1) is 11.7 Å². The molecule has 1 spiro atoms. The monoisotopic (exact) mass is 257 g/mol. The molecule has 1 aromatic rings. The molecule has 0 aromatic heterocycles. The number of morpholine rings is 1. The van der Waals surface area contributed by atoms with Crippen LogP contribution in [0.2, 0.25) is 0 Å². The van der Waals surface area contributed by atoms with Gasteiger partial charge in [0.2, 0.25) is 0 Å². The molecule has 1 unspecified atom stereocenters. The molecule has 2 aliphatic carbocycles. The number of ether oxygens (including phenoxy) is 1. The fourth-order valence-corrected chi connectivity index (χ4v) is 3.72. The van der Waals surface area contributed by atoms with Crippen LogP contribution in [0.5, 0.6) is 0 Å². The normalized spacial score (nSPS) is 29.8. The lowest BCUT2D eigenvalue weighted by Gasteiger charge is -2.39. The number of hydrogen-bond donors (Lipinski definition) is 1. The average Bonchev–Trinajstić information content (AvgIpc) is 3.22. The van der Waals surface area contributed by atoms with Crippen molar-refractivity contribution in [1.29, 1.82) is 0 Å². The van der Waals surface area contributed by atoms with Crippen LogP contribution in [0.4, 0.5) is 0 Å². The zero-order valence-electron chi connectivity index (χ0n) is 11.5. The highest BCUT2D eigenvalue weighted by Gasteiger charge is 2.40. The average molecular weight is 257 g/mol. The molecule has 4 rings (SSSR count). The molecule has 0 bridgehead atoms. The molecule has 0 radical (unpaired) electrons.